The number of aromatic nitrogens is 3. The molecule has 28 heavy (non-hydrogen) atoms. The first-order valence-electron chi connectivity index (χ1n) is 8.86. The van der Waals surface area contributed by atoms with Crippen LogP contribution in [0, 0.1) is 30.0 Å². The normalized spacial score (nSPS) is 15.8. The molecule has 2 N–H and O–H groups in total. The van der Waals surface area contributed by atoms with Crippen molar-refractivity contribution in [1.29, 1.82) is 10.0 Å². The number of nitrogens with zero attached hydrogens (tertiary/aromatic N) is 4. The second-order valence-corrected chi connectivity index (χ2v) is 9.30. The van der Waals surface area contributed by atoms with Crippen molar-refractivity contribution in [2.75, 3.05) is 0 Å². The summed E-state index contributed by atoms with van der Waals surface area (Å²) < 4.78 is 22.3. The maximum atomic E-state index is 12.7. The van der Waals surface area contributed by atoms with Gasteiger partial charge in [-0.1, -0.05) is 12.1 Å². The van der Waals surface area contributed by atoms with E-state index in [-0.39, 0.29) is 11.1 Å². The van der Waals surface area contributed by atoms with E-state index in [0.29, 0.717) is 33.1 Å². The van der Waals surface area contributed by atoms with Crippen LogP contribution in [-0.2, 0) is 9.73 Å². The van der Waals surface area contributed by atoms with Crippen LogP contribution in [0.1, 0.15) is 29.7 Å². The Morgan fingerprint density at radius 2 is 1.96 bits per heavy atom. The molecule has 1 saturated carbocycles. The number of aryl methyl sites for hydroxylation is 2. The molecule has 0 saturated heterocycles. The molecule has 1 aliphatic rings. The van der Waals surface area contributed by atoms with Crippen molar-refractivity contribution in [3.63, 3.8) is 0 Å². The monoisotopic (exact) mass is 393 g/mol. The fourth-order valence-corrected chi connectivity index (χ4v) is 5.17. The minimum atomic E-state index is -2.84. The SMILES string of the molecule is Cc1cc(-n2nc(C)c(-c3ccc(C#N)cc3)c2O)ncc1S(=N)(=O)C1CC1. The van der Waals surface area contributed by atoms with E-state index in [0.717, 1.165) is 18.4 Å². The van der Waals surface area contributed by atoms with Gasteiger partial charge in [0.05, 0.1) is 37.5 Å². The summed E-state index contributed by atoms with van der Waals surface area (Å²) in [5, 5.41) is 24.0. The lowest BCUT2D eigenvalue weighted by atomic mass is 10.0. The average molecular weight is 393 g/mol. The van der Waals surface area contributed by atoms with Gasteiger partial charge in [0.1, 0.15) is 0 Å². The molecule has 0 bridgehead atoms. The first-order chi connectivity index (χ1) is 13.3. The summed E-state index contributed by atoms with van der Waals surface area (Å²) in [6.07, 6.45) is 3.10. The molecule has 1 aromatic carbocycles. The first-order valence-corrected chi connectivity index (χ1v) is 10.5. The Morgan fingerprint density at radius 1 is 1.29 bits per heavy atom. The van der Waals surface area contributed by atoms with Crippen LogP contribution in [0.25, 0.3) is 16.9 Å². The summed E-state index contributed by atoms with van der Waals surface area (Å²) in [6.45, 7) is 3.58. The van der Waals surface area contributed by atoms with Crippen molar-refractivity contribution in [1.82, 2.24) is 14.8 Å². The van der Waals surface area contributed by atoms with Crippen molar-refractivity contribution in [2.24, 2.45) is 0 Å². The number of hydrogen-bond acceptors (Lipinski definition) is 6. The highest BCUT2D eigenvalue weighted by atomic mass is 32.2. The lowest BCUT2D eigenvalue weighted by Gasteiger charge is -2.11. The third kappa shape index (κ3) is 2.94. The first kappa shape index (κ1) is 18.2. The highest BCUT2D eigenvalue weighted by Gasteiger charge is 2.35. The molecule has 2 aromatic heterocycles. The molecule has 1 fully saturated rings. The van der Waals surface area contributed by atoms with Crippen molar-refractivity contribution >= 4 is 9.73 Å². The Kier molecular flexibility index (Phi) is 4.20. The van der Waals surface area contributed by atoms with Gasteiger partial charge in [-0.15, -0.1) is 0 Å². The molecule has 2 heterocycles. The highest BCUT2D eigenvalue weighted by Crippen LogP contribution is 2.37. The molecule has 0 amide bonds. The molecule has 8 heteroatoms. The zero-order valence-corrected chi connectivity index (χ0v) is 16.3. The third-order valence-electron chi connectivity index (χ3n) is 4.92. The zero-order valence-electron chi connectivity index (χ0n) is 15.5. The van der Waals surface area contributed by atoms with Gasteiger partial charge in [-0.3, -0.25) is 0 Å². The quantitative estimate of drug-likeness (QED) is 0.701. The Bertz CT molecular complexity index is 1220. The summed E-state index contributed by atoms with van der Waals surface area (Å²) in [5.74, 6) is 0.336. The van der Waals surface area contributed by atoms with Crippen LogP contribution in [0.2, 0.25) is 0 Å². The van der Waals surface area contributed by atoms with E-state index in [2.05, 4.69) is 16.2 Å². The van der Waals surface area contributed by atoms with Crippen LogP contribution in [-0.4, -0.2) is 29.3 Å². The van der Waals surface area contributed by atoms with Gasteiger partial charge in [-0.25, -0.2) is 14.0 Å². The molecule has 7 nitrogen and oxygen atoms in total. The lowest BCUT2D eigenvalue weighted by molar-refractivity contribution is 0.433. The number of aromatic hydroxyl groups is 1. The Labute approximate surface area is 163 Å². The highest BCUT2D eigenvalue weighted by molar-refractivity contribution is 7.93. The number of pyridine rings is 1. The maximum absolute atomic E-state index is 12.7. The third-order valence-corrected chi connectivity index (χ3v) is 7.42. The van der Waals surface area contributed by atoms with Gasteiger partial charge in [0.25, 0.3) is 0 Å². The van der Waals surface area contributed by atoms with Crippen LogP contribution in [0.5, 0.6) is 5.88 Å². The van der Waals surface area contributed by atoms with Crippen molar-refractivity contribution in [2.45, 2.75) is 36.8 Å². The van der Waals surface area contributed by atoms with E-state index < -0.39 is 9.73 Å². The molecule has 3 aromatic rings. The van der Waals surface area contributed by atoms with Crippen molar-refractivity contribution in [3.05, 3.63) is 53.3 Å². The van der Waals surface area contributed by atoms with Crippen LogP contribution < -0.4 is 0 Å². The van der Waals surface area contributed by atoms with Crippen LogP contribution >= 0.6 is 0 Å². The number of nitriles is 1. The minimum Gasteiger partial charge on any atom is -0.493 e. The van der Waals surface area contributed by atoms with Gasteiger partial charge in [0.15, 0.2) is 5.82 Å². The number of hydrogen-bond donors (Lipinski definition) is 2. The topological polar surface area (TPSA) is 116 Å². The summed E-state index contributed by atoms with van der Waals surface area (Å²) >= 11 is 0. The second kappa shape index (κ2) is 6.46. The van der Waals surface area contributed by atoms with Gasteiger partial charge >= 0.3 is 0 Å². The molecular weight excluding hydrogens is 374 g/mol. The van der Waals surface area contributed by atoms with E-state index in [9.17, 15) is 9.32 Å². The van der Waals surface area contributed by atoms with Crippen molar-refractivity contribution in [3.8, 4) is 28.9 Å². The number of benzene rings is 1. The Hall–Kier alpha value is -3.18. The summed E-state index contributed by atoms with van der Waals surface area (Å²) in [4.78, 5) is 4.77. The lowest BCUT2D eigenvalue weighted by Crippen LogP contribution is -2.09. The molecule has 4 rings (SSSR count). The summed E-state index contributed by atoms with van der Waals surface area (Å²) in [6, 6.07) is 10.7. The van der Waals surface area contributed by atoms with E-state index in [1.54, 1.807) is 44.2 Å². The largest absolute Gasteiger partial charge is 0.493 e. The van der Waals surface area contributed by atoms with Gasteiger partial charge < -0.3 is 5.11 Å². The van der Waals surface area contributed by atoms with E-state index in [1.165, 1.54) is 10.9 Å². The van der Waals surface area contributed by atoms with Gasteiger partial charge in [0, 0.05) is 11.4 Å². The fourth-order valence-electron chi connectivity index (χ4n) is 3.27. The minimum absolute atomic E-state index is 0.0596. The van der Waals surface area contributed by atoms with E-state index in [1.807, 2.05) is 0 Å². The molecule has 1 aliphatic carbocycles. The zero-order chi connectivity index (χ0) is 20.1. The predicted molar refractivity (Wildman–Crippen MR) is 105 cm³/mol. The standard InChI is InChI=1S/C20H19N5O2S/c1-12-9-18(23-11-17(12)28(22,27)16-7-8-16)25-20(26)19(13(2)24-25)15-5-3-14(10-21)4-6-15/h3-6,9,11,16,22,26H,7-8H2,1-2H3. The van der Waals surface area contributed by atoms with E-state index >= 15 is 0 Å². The molecular formula is C20H19N5O2S. The molecule has 0 radical (unpaired) electrons. The van der Waals surface area contributed by atoms with Crippen LogP contribution in [0.3, 0.4) is 0 Å². The van der Waals surface area contributed by atoms with E-state index in [4.69, 9.17) is 10.0 Å². The Morgan fingerprint density at radius 3 is 2.54 bits per heavy atom. The maximum Gasteiger partial charge on any atom is 0.223 e. The molecule has 0 aliphatic heterocycles. The summed E-state index contributed by atoms with van der Waals surface area (Å²) in [7, 11) is -2.84. The second-order valence-electron chi connectivity index (χ2n) is 6.99. The molecule has 0 spiro atoms. The molecule has 1 atom stereocenters. The van der Waals surface area contributed by atoms with Gasteiger partial charge in [-0.05, 0) is 56.0 Å². The average Bonchev–Trinajstić information content (AvgIpc) is 3.48. The smallest absolute Gasteiger partial charge is 0.223 e. The summed E-state index contributed by atoms with van der Waals surface area (Å²) in [5.41, 5.74) is 3.17. The van der Waals surface area contributed by atoms with Gasteiger partial charge in [0.2, 0.25) is 5.88 Å². The number of rotatable bonds is 4. The number of nitrogens with one attached hydrogen (secondary N) is 1. The van der Waals surface area contributed by atoms with Crippen LogP contribution in [0.15, 0.2) is 41.4 Å². The fraction of sp³-hybridized carbons (Fsp3) is 0.250. The molecule has 1 unspecified atom stereocenters. The van der Waals surface area contributed by atoms with Crippen LogP contribution in [0.4, 0.5) is 0 Å². The Balaban J connectivity index is 1.76. The predicted octanol–water partition coefficient (Wildman–Crippen LogP) is 3.70. The molecule has 142 valence electrons. The van der Waals surface area contributed by atoms with Gasteiger partial charge in [-0.2, -0.15) is 15.0 Å². The van der Waals surface area contributed by atoms with Crippen molar-refractivity contribution < 1.29 is 9.32 Å².